The minimum atomic E-state index is -3.45. The van der Waals surface area contributed by atoms with E-state index in [4.69, 9.17) is 16.3 Å². The summed E-state index contributed by atoms with van der Waals surface area (Å²) in [5.74, 6) is -3.33. The number of methoxy groups -OCH3 is 1. The molecule has 0 N–H and O–H groups in total. The van der Waals surface area contributed by atoms with Crippen molar-refractivity contribution in [2.24, 2.45) is 0 Å². The Morgan fingerprint density at radius 2 is 1.83 bits per heavy atom. The molecule has 0 spiro atoms. The Labute approximate surface area is 223 Å². The molecule has 0 bridgehead atoms. The van der Waals surface area contributed by atoms with E-state index in [1.807, 2.05) is 13.0 Å². The zero-order valence-corrected chi connectivity index (χ0v) is 22.1. The Kier molecular flexibility index (Phi) is 6.60. The molecule has 0 saturated heterocycles. The summed E-state index contributed by atoms with van der Waals surface area (Å²) < 4.78 is 40.4. The lowest BCUT2D eigenvalue weighted by Gasteiger charge is -2.17. The SMILES string of the molecule is COc1ccc(Cn2nnnc2C(F)(F)c2ccc3c(C)nn(Cc4c(I)ccnc4Cl)c3c2)cc1. The van der Waals surface area contributed by atoms with Crippen molar-refractivity contribution in [2.45, 2.75) is 25.9 Å². The summed E-state index contributed by atoms with van der Waals surface area (Å²) >= 11 is 8.47. The first-order valence-electron chi connectivity index (χ1n) is 10.8. The van der Waals surface area contributed by atoms with Crippen molar-refractivity contribution < 1.29 is 13.5 Å². The number of tetrazole rings is 1. The van der Waals surface area contributed by atoms with Gasteiger partial charge in [0.1, 0.15) is 10.9 Å². The van der Waals surface area contributed by atoms with Crippen LogP contribution in [0.2, 0.25) is 5.15 Å². The molecule has 0 atom stereocenters. The van der Waals surface area contributed by atoms with Crippen LogP contribution >= 0.6 is 34.2 Å². The van der Waals surface area contributed by atoms with Gasteiger partial charge in [-0.1, -0.05) is 35.9 Å². The summed E-state index contributed by atoms with van der Waals surface area (Å²) in [6.07, 6.45) is 1.62. The lowest BCUT2D eigenvalue weighted by atomic mass is 10.0. The van der Waals surface area contributed by atoms with Crippen LogP contribution in [0.3, 0.4) is 0 Å². The molecule has 0 aliphatic carbocycles. The molecule has 0 aliphatic heterocycles. The second-order valence-electron chi connectivity index (χ2n) is 8.12. The maximum absolute atomic E-state index is 15.8. The summed E-state index contributed by atoms with van der Waals surface area (Å²) in [6, 6.07) is 13.4. The van der Waals surface area contributed by atoms with E-state index in [0.717, 1.165) is 30.5 Å². The second kappa shape index (κ2) is 9.69. The quantitative estimate of drug-likeness (QED) is 0.183. The zero-order chi connectivity index (χ0) is 25.4. The average molecular weight is 622 g/mol. The third kappa shape index (κ3) is 4.52. The fourth-order valence-corrected chi connectivity index (χ4v) is 4.92. The normalized spacial score (nSPS) is 11.8. The van der Waals surface area contributed by atoms with Crippen LogP contribution in [0, 0.1) is 10.5 Å². The van der Waals surface area contributed by atoms with Gasteiger partial charge in [0.2, 0.25) is 5.82 Å². The van der Waals surface area contributed by atoms with Crippen molar-refractivity contribution in [1.29, 1.82) is 0 Å². The van der Waals surface area contributed by atoms with Crippen LogP contribution in [0.15, 0.2) is 54.7 Å². The monoisotopic (exact) mass is 621 g/mol. The van der Waals surface area contributed by atoms with E-state index in [9.17, 15) is 0 Å². The Morgan fingerprint density at radius 3 is 2.56 bits per heavy atom. The molecule has 8 nitrogen and oxygen atoms in total. The molecule has 0 amide bonds. The molecule has 3 heterocycles. The van der Waals surface area contributed by atoms with Crippen LogP contribution in [-0.4, -0.2) is 42.1 Å². The number of hydrogen-bond acceptors (Lipinski definition) is 6. The minimum Gasteiger partial charge on any atom is -0.497 e. The minimum absolute atomic E-state index is 0.0825. The predicted octanol–water partition coefficient (Wildman–Crippen LogP) is 5.23. The lowest BCUT2D eigenvalue weighted by Crippen LogP contribution is -2.23. The van der Waals surface area contributed by atoms with Gasteiger partial charge >= 0.3 is 5.92 Å². The molecule has 0 aliphatic rings. The van der Waals surface area contributed by atoms with Gasteiger partial charge in [0.15, 0.2) is 0 Å². The maximum Gasteiger partial charge on any atom is 0.333 e. The van der Waals surface area contributed by atoms with Crippen molar-refractivity contribution in [3.63, 3.8) is 0 Å². The Morgan fingerprint density at radius 1 is 1.06 bits per heavy atom. The van der Waals surface area contributed by atoms with Crippen molar-refractivity contribution in [3.8, 4) is 5.75 Å². The summed E-state index contributed by atoms with van der Waals surface area (Å²) in [6.45, 7) is 2.21. The van der Waals surface area contributed by atoms with Gasteiger partial charge in [0.05, 0.1) is 31.4 Å². The van der Waals surface area contributed by atoms with Gasteiger partial charge < -0.3 is 4.74 Å². The van der Waals surface area contributed by atoms with E-state index in [2.05, 4.69) is 48.2 Å². The number of rotatable bonds is 7. The number of halogens is 4. The molecule has 36 heavy (non-hydrogen) atoms. The molecule has 5 aromatic rings. The third-order valence-corrected chi connectivity index (χ3v) is 7.19. The largest absolute Gasteiger partial charge is 0.497 e. The third-order valence-electron chi connectivity index (χ3n) is 5.86. The van der Waals surface area contributed by atoms with E-state index in [0.29, 0.717) is 23.0 Å². The van der Waals surface area contributed by atoms with Crippen molar-refractivity contribution >= 4 is 45.1 Å². The number of benzene rings is 2. The molecule has 0 radical (unpaired) electrons. The fraction of sp³-hybridized carbons (Fsp3) is 0.208. The number of hydrogen-bond donors (Lipinski definition) is 0. The number of aryl methyl sites for hydroxylation is 1. The van der Waals surface area contributed by atoms with E-state index in [-0.39, 0.29) is 12.1 Å². The highest BCUT2D eigenvalue weighted by molar-refractivity contribution is 14.1. The van der Waals surface area contributed by atoms with Crippen molar-refractivity contribution in [2.75, 3.05) is 7.11 Å². The first-order valence-corrected chi connectivity index (χ1v) is 12.3. The molecule has 0 saturated carbocycles. The molecule has 5 rings (SSSR count). The van der Waals surface area contributed by atoms with Crippen molar-refractivity contribution in [1.82, 2.24) is 35.0 Å². The maximum atomic E-state index is 15.8. The number of fused-ring (bicyclic) bond motifs is 1. The molecule has 0 unspecified atom stereocenters. The number of aromatic nitrogens is 7. The summed E-state index contributed by atoms with van der Waals surface area (Å²) in [4.78, 5) is 4.13. The summed E-state index contributed by atoms with van der Waals surface area (Å²) in [7, 11) is 1.56. The van der Waals surface area contributed by atoms with Crippen LogP contribution in [0.4, 0.5) is 8.78 Å². The fourth-order valence-electron chi connectivity index (χ4n) is 3.96. The van der Waals surface area contributed by atoms with Gasteiger partial charge in [-0.3, -0.25) is 4.68 Å². The smallest absolute Gasteiger partial charge is 0.333 e. The Balaban J connectivity index is 1.51. The molecule has 3 aromatic heterocycles. The standard InChI is InChI=1S/C24H19ClF2IN7O/c1-14-18-8-5-16(11-21(18)34(31-14)13-19-20(28)9-10-29-22(19)25)24(26,27)23-30-32-33-35(23)12-15-3-6-17(36-2)7-4-15/h3-11H,12-13H2,1-2H3. The number of ether oxygens (including phenoxy) is 1. The highest BCUT2D eigenvalue weighted by Gasteiger charge is 2.40. The van der Waals surface area contributed by atoms with Gasteiger partial charge in [-0.05, 0) is 69.8 Å². The number of alkyl halides is 2. The zero-order valence-electron chi connectivity index (χ0n) is 19.2. The first-order chi connectivity index (χ1) is 17.3. The molecular weight excluding hydrogens is 603 g/mol. The summed E-state index contributed by atoms with van der Waals surface area (Å²) in [5, 5.41) is 16.7. The molecule has 0 fully saturated rings. The second-order valence-corrected chi connectivity index (χ2v) is 9.64. The highest BCUT2D eigenvalue weighted by atomic mass is 127. The Hall–Kier alpha value is -3.19. The van der Waals surface area contributed by atoms with Gasteiger partial charge in [0.25, 0.3) is 0 Å². The van der Waals surface area contributed by atoms with Crippen LogP contribution < -0.4 is 4.74 Å². The molecule has 2 aromatic carbocycles. The topological polar surface area (TPSA) is 83.5 Å². The van der Waals surface area contributed by atoms with Crippen LogP contribution in [0.5, 0.6) is 5.75 Å². The van der Waals surface area contributed by atoms with Crippen LogP contribution in [-0.2, 0) is 19.0 Å². The first kappa shape index (κ1) is 24.5. The van der Waals surface area contributed by atoms with E-state index < -0.39 is 11.7 Å². The summed E-state index contributed by atoms with van der Waals surface area (Å²) in [5.41, 5.74) is 2.56. The predicted molar refractivity (Wildman–Crippen MR) is 138 cm³/mol. The van der Waals surface area contributed by atoms with Gasteiger partial charge in [0, 0.05) is 26.3 Å². The van der Waals surface area contributed by atoms with Gasteiger partial charge in [-0.25, -0.2) is 9.67 Å². The highest BCUT2D eigenvalue weighted by Crippen LogP contribution is 2.36. The Bertz CT molecular complexity index is 1530. The van der Waals surface area contributed by atoms with E-state index >= 15 is 8.78 Å². The van der Waals surface area contributed by atoms with E-state index in [1.54, 1.807) is 48.3 Å². The van der Waals surface area contributed by atoms with E-state index in [1.165, 1.54) is 12.1 Å². The van der Waals surface area contributed by atoms with Gasteiger partial charge in [-0.2, -0.15) is 13.9 Å². The molecular formula is C24H19ClF2IN7O. The van der Waals surface area contributed by atoms with Crippen LogP contribution in [0.25, 0.3) is 10.9 Å². The average Bonchev–Trinajstić information content (AvgIpc) is 3.46. The molecule has 184 valence electrons. The number of nitrogens with zero attached hydrogens (tertiary/aromatic N) is 7. The number of pyridine rings is 1. The molecule has 12 heteroatoms. The lowest BCUT2D eigenvalue weighted by molar-refractivity contribution is 0.0281. The van der Waals surface area contributed by atoms with Crippen LogP contribution in [0.1, 0.15) is 28.2 Å². The van der Waals surface area contributed by atoms with Crippen molar-refractivity contribution in [3.05, 3.63) is 91.7 Å². The van der Waals surface area contributed by atoms with Gasteiger partial charge in [-0.15, -0.1) is 5.10 Å².